The molecule has 0 aliphatic rings. The summed E-state index contributed by atoms with van der Waals surface area (Å²) >= 11 is 0. The van der Waals surface area contributed by atoms with Crippen LogP contribution >= 0.6 is 0 Å². The average molecular weight is 273 g/mol. The molecular weight excluding hydrogens is 254 g/mol. The summed E-state index contributed by atoms with van der Waals surface area (Å²) < 4.78 is 5.36. The Morgan fingerprint density at radius 2 is 1.95 bits per heavy atom. The fourth-order valence-electron chi connectivity index (χ4n) is 1.67. The molecule has 0 radical (unpaired) electrons. The van der Waals surface area contributed by atoms with Crippen LogP contribution in [0.15, 0.2) is 30.3 Å². The van der Waals surface area contributed by atoms with E-state index >= 15 is 0 Å². The average Bonchev–Trinajstić information content (AvgIpc) is 2.46. The van der Waals surface area contributed by atoms with E-state index in [-0.39, 0.29) is 12.0 Å². The number of aromatic nitrogens is 3. The van der Waals surface area contributed by atoms with Crippen molar-refractivity contribution in [3.8, 4) is 6.01 Å². The summed E-state index contributed by atoms with van der Waals surface area (Å²) in [5, 5.41) is 3.13. The van der Waals surface area contributed by atoms with Crippen molar-refractivity contribution in [3.63, 3.8) is 0 Å². The number of nitrogen functional groups attached to an aromatic ring is 1. The minimum absolute atomic E-state index is 0.160. The quantitative estimate of drug-likeness (QED) is 0.801. The maximum absolute atomic E-state index is 5.63. The fraction of sp³-hybridized carbons (Fsp3) is 0.357. The number of anilines is 2. The van der Waals surface area contributed by atoms with Gasteiger partial charge in [0, 0.05) is 6.54 Å². The standard InChI is InChI=1S/C14H19N5O/c1-2-10-20-14-18-12(15)17-13(19-14)16-9-8-11-6-4-3-5-7-11/h3-7H,2,8-10H2,1H3,(H3,15,16,17,18,19). The van der Waals surface area contributed by atoms with E-state index in [1.807, 2.05) is 25.1 Å². The summed E-state index contributed by atoms with van der Waals surface area (Å²) in [6.07, 6.45) is 1.78. The maximum Gasteiger partial charge on any atom is 0.323 e. The third-order valence-electron chi connectivity index (χ3n) is 2.61. The van der Waals surface area contributed by atoms with E-state index in [1.165, 1.54) is 5.56 Å². The number of hydrogen-bond donors (Lipinski definition) is 2. The van der Waals surface area contributed by atoms with Gasteiger partial charge in [0.2, 0.25) is 11.9 Å². The molecule has 0 unspecified atom stereocenters. The lowest BCUT2D eigenvalue weighted by Gasteiger charge is -2.07. The molecular formula is C14H19N5O. The van der Waals surface area contributed by atoms with Crippen molar-refractivity contribution >= 4 is 11.9 Å². The van der Waals surface area contributed by atoms with Gasteiger partial charge in [-0.3, -0.25) is 0 Å². The van der Waals surface area contributed by atoms with E-state index in [0.717, 1.165) is 19.4 Å². The maximum atomic E-state index is 5.63. The molecule has 2 rings (SSSR count). The zero-order chi connectivity index (χ0) is 14.2. The van der Waals surface area contributed by atoms with Gasteiger partial charge >= 0.3 is 6.01 Å². The zero-order valence-corrected chi connectivity index (χ0v) is 11.5. The first kappa shape index (κ1) is 14.0. The molecule has 2 aromatic rings. The summed E-state index contributed by atoms with van der Waals surface area (Å²) in [4.78, 5) is 12.1. The summed E-state index contributed by atoms with van der Waals surface area (Å²) in [5.74, 6) is 0.604. The van der Waals surface area contributed by atoms with Gasteiger partial charge in [0.15, 0.2) is 0 Å². The Morgan fingerprint density at radius 1 is 1.15 bits per heavy atom. The van der Waals surface area contributed by atoms with Crippen molar-refractivity contribution in [3.05, 3.63) is 35.9 Å². The van der Waals surface area contributed by atoms with E-state index in [4.69, 9.17) is 10.5 Å². The van der Waals surface area contributed by atoms with Crippen molar-refractivity contribution < 1.29 is 4.74 Å². The van der Waals surface area contributed by atoms with Crippen LogP contribution in [0.2, 0.25) is 0 Å². The van der Waals surface area contributed by atoms with Gasteiger partial charge in [-0.1, -0.05) is 37.3 Å². The molecule has 0 fully saturated rings. The minimum Gasteiger partial charge on any atom is -0.463 e. The number of nitrogens with two attached hydrogens (primary N) is 1. The van der Waals surface area contributed by atoms with E-state index < -0.39 is 0 Å². The molecule has 0 spiro atoms. The van der Waals surface area contributed by atoms with Gasteiger partial charge in [0.25, 0.3) is 0 Å². The number of nitrogens with zero attached hydrogens (tertiary/aromatic N) is 3. The Hall–Kier alpha value is -2.37. The van der Waals surface area contributed by atoms with Crippen molar-refractivity contribution in [1.29, 1.82) is 0 Å². The Morgan fingerprint density at radius 3 is 2.70 bits per heavy atom. The molecule has 106 valence electrons. The van der Waals surface area contributed by atoms with Gasteiger partial charge in [0.05, 0.1) is 6.61 Å². The summed E-state index contributed by atoms with van der Waals surface area (Å²) in [5.41, 5.74) is 6.89. The topological polar surface area (TPSA) is 86.0 Å². The zero-order valence-electron chi connectivity index (χ0n) is 11.5. The van der Waals surface area contributed by atoms with Crippen LogP contribution in [0.5, 0.6) is 6.01 Å². The van der Waals surface area contributed by atoms with E-state index in [2.05, 4.69) is 32.4 Å². The molecule has 0 amide bonds. The second kappa shape index (κ2) is 7.28. The Bertz CT molecular complexity index is 532. The fourth-order valence-corrected chi connectivity index (χ4v) is 1.67. The lowest BCUT2D eigenvalue weighted by Crippen LogP contribution is -2.11. The van der Waals surface area contributed by atoms with Crippen LogP contribution in [-0.2, 0) is 6.42 Å². The first-order valence-electron chi connectivity index (χ1n) is 6.70. The highest BCUT2D eigenvalue weighted by Gasteiger charge is 2.04. The van der Waals surface area contributed by atoms with Crippen LogP contribution in [0.3, 0.4) is 0 Å². The highest BCUT2D eigenvalue weighted by atomic mass is 16.5. The predicted molar refractivity (Wildman–Crippen MR) is 78.7 cm³/mol. The Kier molecular flexibility index (Phi) is 5.11. The second-order valence-corrected chi connectivity index (χ2v) is 4.31. The first-order valence-corrected chi connectivity index (χ1v) is 6.70. The monoisotopic (exact) mass is 273 g/mol. The predicted octanol–water partition coefficient (Wildman–Crippen LogP) is 1.90. The Balaban J connectivity index is 1.90. The molecule has 6 heteroatoms. The second-order valence-electron chi connectivity index (χ2n) is 4.31. The molecule has 1 heterocycles. The number of ether oxygens (including phenoxy) is 1. The summed E-state index contributed by atoms with van der Waals surface area (Å²) in [6, 6.07) is 10.5. The minimum atomic E-state index is 0.160. The van der Waals surface area contributed by atoms with Crippen LogP contribution < -0.4 is 15.8 Å². The van der Waals surface area contributed by atoms with Gasteiger partial charge in [-0.15, -0.1) is 0 Å². The highest BCUT2D eigenvalue weighted by molar-refractivity contribution is 5.32. The van der Waals surface area contributed by atoms with E-state index in [1.54, 1.807) is 0 Å². The molecule has 0 atom stereocenters. The third kappa shape index (κ3) is 4.38. The van der Waals surface area contributed by atoms with Gasteiger partial charge in [-0.2, -0.15) is 15.0 Å². The molecule has 0 saturated carbocycles. The Labute approximate surface area is 118 Å². The molecule has 3 N–H and O–H groups in total. The lowest BCUT2D eigenvalue weighted by atomic mass is 10.1. The number of nitrogens with one attached hydrogen (secondary N) is 1. The molecule has 0 bridgehead atoms. The van der Waals surface area contributed by atoms with Crippen LogP contribution in [0, 0.1) is 0 Å². The highest BCUT2D eigenvalue weighted by Crippen LogP contribution is 2.09. The SMILES string of the molecule is CCCOc1nc(N)nc(NCCc2ccccc2)n1. The number of hydrogen-bond acceptors (Lipinski definition) is 6. The molecule has 1 aromatic carbocycles. The molecule has 0 aliphatic carbocycles. The van der Waals surface area contributed by atoms with Crippen molar-refractivity contribution in [1.82, 2.24) is 15.0 Å². The molecule has 6 nitrogen and oxygen atoms in total. The third-order valence-corrected chi connectivity index (χ3v) is 2.61. The largest absolute Gasteiger partial charge is 0.463 e. The van der Waals surface area contributed by atoms with E-state index in [0.29, 0.717) is 12.6 Å². The lowest BCUT2D eigenvalue weighted by molar-refractivity contribution is 0.292. The van der Waals surface area contributed by atoms with Crippen molar-refractivity contribution in [2.45, 2.75) is 19.8 Å². The van der Waals surface area contributed by atoms with Gasteiger partial charge in [-0.25, -0.2) is 0 Å². The van der Waals surface area contributed by atoms with Crippen LogP contribution in [0.25, 0.3) is 0 Å². The molecule has 0 saturated heterocycles. The van der Waals surface area contributed by atoms with Crippen molar-refractivity contribution in [2.75, 3.05) is 24.2 Å². The van der Waals surface area contributed by atoms with Crippen LogP contribution in [0.4, 0.5) is 11.9 Å². The summed E-state index contributed by atoms with van der Waals surface area (Å²) in [6.45, 7) is 3.30. The van der Waals surface area contributed by atoms with Gasteiger partial charge in [-0.05, 0) is 18.4 Å². The van der Waals surface area contributed by atoms with Gasteiger partial charge < -0.3 is 15.8 Å². The first-order chi connectivity index (χ1) is 9.78. The molecule has 20 heavy (non-hydrogen) atoms. The van der Waals surface area contributed by atoms with E-state index in [9.17, 15) is 0 Å². The van der Waals surface area contributed by atoms with Crippen LogP contribution in [-0.4, -0.2) is 28.1 Å². The van der Waals surface area contributed by atoms with Crippen LogP contribution in [0.1, 0.15) is 18.9 Å². The molecule has 0 aliphatic heterocycles. The molecule has 1 aromatic heterocycles. The summed E-state index contributed by atoms with van der Waals surface area (Å²) in [7, 11) is 0. The smallest absolute Gasteiger partial charge is 0.323 e. The normalized spacial score (nSPS) is 10.2. The van der Waals surface area contributed by atoms with Crippen molar-refractivity contribution in [2.24, 2.45) is 0 Å². The number of rotatable bonds is 7. The number of benzene rings is 1. The van der Waals surface area contributed by atoms with Gasteiger partial charge in [0.1, 0.15) is 0 Å².